The second-order valence-electron chi connectivity index (χ2n) is 5.35. The second kappa shape index (κ2) is 11.8. The highest BCUT2D eigenvalue weighted by atomic mass is 35.5. The van der Waals surface area contributed by atoms with Gasteiger partial charge in [-0.25, -0.2) is 0 Å². The molecule has 2 atom stereocenters. The maximum absolute atomic E-state index is 5.58. The zero-order valence-electron chi connectivity index (χ0n) is 15.3. The molecule has 0 radical (unpaired) electrons. The van der Waals surface area contributed by atoms with Crippen LogP contribution in [-0.4, -0.2) is 42.0 Å². The molecule has 0 amide bonds. The molecular formula is C17H31ClN2O3Si. The van der Waals surface area contributed by atoms with Crippen molar-refractivity contribution in [1.29, 1.82) is 0 Å². The third-order valence-electron chi connectivity index (χ3n) is 4.01. The van der Waals surface area contributed by atoms with E-state index >= 15 is 0 Å². The van der Waals surface area contributed by atoms with Crippen molar-refractivity contribution in [2.75, 3.05) is 21.3 Å². The van der Waals surface area contributed by atoms with Gasteiger partial charge in [0.1, 0.15) is 0 Å². The molecule has 24 heavy (non-hydrogen) atoms. The minimum Gasteiger partial charge on any atom is -0.376 e. The fraction of sp³-hybridized carbons (Fsp3) is 0.529. The maximum Gasteiger partial charge on any atom is 0.518 e. The Morgan fingerprint density at radius 3 is 2.25 bits per heavy atom. The second-order valence-corrected chi connectivity index (χ2v) is 8.48. The Morgan fingerprint density at radius 1 is 1.17 bits per heavy atom. The number of benzene rings is 1. The standard InChI is InChI=1S/C17H30N2O3Si.ClH/c1-7-15-11-9-10-12-16(15)13-18-14(3)19-17(8-2)23(20-4,21-5)22-6;/h7,9-12,14,17-19H,1,8,13H2,2-6H3;1H. The molecule has 0 aliphatic rings. The van der Waals surface area contributed by atoms with E-state index in [1.54, 1.807) is 21.3 Å². The molecule has 7 heteroatoms. The van der Waals surface area contributed by atoms with E-state index in [4.69, 9.17) is 13.3 Å². The minimum atomic E-state index is -2.70. The Bertz CT molecular complexity index is 478. The molecular weight excluding hydrogens is 344 g/mol. The van der Waals surface area contributed by atoms with Crippen molar-refractivity contribution < 1.29 is 13.3 Å². The van der Waals surface area contributed by atoms with E-state index in [9.17, 15) is 0 Å². The summed E-state index contributed by atoms with van der Waals surface area (Å²) >= 11 is 0. The molecule has 0 spiro atoms. The Kier molecular flexibility index (Phi) is 11.4. The summed E-state index contributed by atoms with van der Waals surface area (Å²) < 4.78 is 16.7. The fourth-order valence-corrected chi connectivity index (χ4v) is 4.97. The number of hydrogen-bond acceptors (Lipinski definition) is 5. The molecule has 0 aliphatic heterocycles. The van der Waals surface area contributed by atoms with E-state index < -0.39 is 8.80 Å². The van der Waals surface area contributed by atoms with Crippen LogP contribution in [-0.2, 0) is 19.8 Å². The molecule has 1 rings (SSSR count). The first-order valence-corrected chi connectivity index (χ1v) is 9.72. The Morgan fingerprint density at radius 2 is 1.75 bits per heavy atom. The predicted octanol–water partition coefficient (Wildman–Crippen LogP) is 2.97. The fourth-order valence-electron chi connectivity index (χ4n) is 2.66. The molecule has 1 aromatic carbocycles. The van der Waals surface area contributed by atoms with Gasteiger partial charge in [0.15, 0.2) is 0 Å². The zero-order valence-corrected chi connectivity index (χ0v) is 17.1. The van der Waals surface area contributed by atoms with Gasteiger partial charge in [0.25, 0.3) is 0 Å². The summed E-state index contributed by atoms with van der Waals surface area (Å²) in [4.78, 5) is 0. The van der Waals surface area contributed by atoms with Gasteiger partial charge in [-0.1, -0.05) is 43.8 Å². The van der Waals surface area contributed by atoms with Crippen LogP contribution in [0.1, 0.15) is 31.4 Å². The van der Waals surface area contributed by atoms with Crippen LogP contribution >= 0.6 is 12.4 Å². The van der Waals surface area contributed by atoms with E-state index in [2.05, 4.69) is 43.2 Å². The Hall–Kier alpha value is -0.733. The third kappa shape index (κ3) is 5.97. The lowest BCUT2D eigenvalue weighted by Gasteiger charge is -2.34. The molecule has 2 unspecified atom stereocenters. The summed E-state index contributed by atoms with van der Waals surface area (Å²) in [5.41, 5.74) is 2.39. The van der Waals surface area contributed by atoms with Crippen molar-refractivity contribution in [1.82, 2.24) is 10.6 Å². The number of halogens is 1. The monoisotopic (exact) mass is 374 g/mol. The van der Waals surface area contributed by atoms with Crippen LogP contribution in [0, 0.1) is 0 Å². The van der Waals surface area contributed by atoms with Gasteiger partial charge < -0.3 is 13.3 Å². The van der Waals surface area contributed by atoms with Crippen LogP contribution in [0.25, 0.3) is 6.08 Å². The van der Waals surface area contributed by atoms with Gasteiger partial charge in [0.2, 0.25) is 0 Å². The smallest absolute Gasteiger partial charge is 0.376 e. The Labute approximate surface area is 153 Å². The normalized spacial score (nSPS) is 13.9. The third-order valence-corrected chi connectivity index (χ3v) is 7.15. The molecule has 138 valence electrons. The zero-order chi connectivity index (χ0) is 17.3. The lowest BCUT2D eigenvalue weighted by Crippen LogP contribution is -2.63. The van der Waals surface area contributed by atoms with Crippen LogP contribution in [0.15, 0.2) is 30.8 Å². The van der Waals surface area contributed by atoms with Gasteiger partial charge in [-0.05, 0) is 24.5 Å². The summed E-state index contributed by atoms with van der Waals surface area (Å²) in [7, 11) is 2.22. The van der Waals surface area contributed by atoms with Gasteiger partial charge in [-0.15, -0.1) is 12.4 Å². The van der Waals surface area contributed by atoms with Crippen molar-refractivity contribution in [3.8, 4) is 0 Å². The van der Waals surface area contributed by atoms with Crippen LogP contribution in [0.5, 0.6) is 0 Å². The molecule has 0 aliphatic carbocycles. The molecule has 0 bridgehead atoms. The molecule has 2 N–H and O–H groups in total. The number of hydrogen-bond donors (Lipinski definition) is 2. The van der Waals surface area contributed by atoms with Gasteiger partial charge >= 0.3 is 8.80 Å². The first-order valence-electron chi connectivity index (χ1n) is 7.92. The molecule has 1 aromatic rings. The van der Waals surface area contributed by atoms with Crippen LogP contribution < -0.4 is 10.6 Å². The van der Waals surface area contributed by atoms with Gasteiger partial charge in [-0.2, -0.15) is 0 Å². The molecule has 0 fully saturated rings. The molecule has 0 heterocycles. The largest absolute Gasteiger partial charge is 0.518 e. The van der Waals surface area contributed by atoms with Crippen molar-refractivity contribution in [3.05, 3.63) is 42.0 Å². The number of nitrogens with one attached hydrogen (secondary N) is 2. The van der Waals surface area contributed by atoms with E-state index in [0.29, 0.717) is 0 Å². The quantitative estimate of drug-likeness (QED) is 0.460. The highest BCUT2D eigenvalue weighted by Crippen LogP contribution is 2.15. The lowest BCUT2D eigenvalue weighted by atomic mass is 10.1. The summed E-state index contributed by atoms with van der Waals surface area (Å²) in [6, 6.07) is 8.23. The number of rotatable bonds is 11. The topological polar surface area (TPSA) is 51.8 Å². The SMILES string of the molecule is C=Cc1ccccc1CNC(C)NC(CC)[Si](OC)(OC)OC.Cl. The molecule has 5 nitrogen and oxygen atoms in total. The van der Waals surface area contributed by atoms with E-state index in [-0.39, 0.29) is 24.2 Å². The Balaban J connectivity index is 0.00000529. The molecule has 0 saturated heterocycles. The minimum absolute atomic E-state index is 0. The van der Waals surface area contributed by atoms with Crippen LogP contribution in [0.3, 0.4) is 0 Å². The summed E-state index contributed by atoms with van der Waals surface area (Å²) in [5, 5.41) is 7.00. The van der Waals surface area contributed by atoms with Crippen LogP contribution in [0.4, 0.5) is 0 Å². The van der Waals surface area contributed by atoms with Crippen molar-refractivity contribution in [3.63, 3.8) is 0 Å². The van der Waals surface area contributed by atoms with Gasteiger partial charge in [0, 0.05) is 27.9 Å². The summed E-state index contributed by atoms with van der Waals surface area (Å²) in [6.07, 6.45) is 2.82. The first-order chi connectivity index (χ1) is 11.1. The summed E-state index contributed by atoms with van der Waals surface area (Å²) in [6.45, 7) is 8.79. The van der Waals surface area contributed by atoms with E-state index in [1.807, 2.05) is 18.2 Å². The first kappa shape index (κ1) is 23.3. The van der Waals surface area contributed by atoms with Crippen molar-refractivity contribution in [2.24, 2.45) is 0 Å². The van der Waals surface area contributed by atoms with E-state index in [1.165, 1.54) is 5.56 Å². The van der Waals surface area contributed by atoms with Crippen molar-refractivity contribution >= 4 is 27.3 Å². The van der Waals surface area contributed by atoms with Crippen molar-refractivity contribution in [2.45, 2.75) is 38.6 Å². The highest BCUT2D eigenvalue weighted by Gasteiger charge is 2.46. The predicted molar refractivity (Wildman–Crippen MR) is 104 cm³/mol. The van der Waals surface area contributed by atoms with E-state index in [0.717, 1.165) is 18.5 Å². The van der Waals surface area contributed by atoms with Gasteiger partial charge in [0.05, 0.1) is 11.8 Å². The summed E-state index contributed by atoms with van der Waals surface area (Å²) in [5.74, 6) is 0. The maximum atomic E-state index is 5.58. The highest BCUT2D eigenvalue weighted by molar-refractivity contribution is 6.62. The molecule has 0 saturated carbocycles. The van der Waals surface area contributed by atoms with Gasteiger partial charge in [-0.3, -0.25) is 10.6 Å². The molecule has 0 aromatic heterocycles. The van der Waals surface area contributed by atoms with Crippen LogP contribution in [0.2, 0.25) is 0 Å². The lowest BCUT2D eigenvalue weighted by molar-refractivity contribution is 0.103. The average molecular weight is 375 g/mol. The average Bonchev–Trinajstić information content (AvgIpc) is 2.60.